The average molecular weight is 585 g/mol. The van der Waals surface area contributed by atoms with Crippen molar-refractivity contribution in [2.24, 2.45) is 0 Å². The molecule has 40 heavy (non-hydrogen) atoms. The van der Waals surface area contributed by atoms with Crippen LogP contribution in [0.4, 0.5) is 0 Å². The molecule has 234 valence electrons. The molecule has 6 nitrogen and oxygen atoms in total. The van der Waals surface area contributed by atoms with Crippen molar-refractivity contribution in [1.82, 2.24) is 0 Å². The van der Waals surface area contributed by atoms with Crippen molar-refractivity contribution >= 4 is 22.8 Å². The second-order valence-electron chi connectivity index (χ2n) is 8.73. The second-order valence-corrected chi connectivity index (χ2v) is 9.72. The van der Waals surface area contributed by atoms with Gasteiger partial charge in [0.1, 0.15) is 12.9 Å². The molecule has 0 radical (unpaired) electrons. The standard InChI is InChI=1S/C20H40O5.C13H6OS.7H2/c1-2-3-4-5-6-7-8-9-10-11-12-13-14-15-20(23)25-19(16-21)17-24-18-22;1-3-4-5-6-7-8-9-10-11-12-15-13(2)14;;;;;;;/h19,21-22H,2-18H2,1H3;1-2H3;7*1H/t19-;;;;;;;;/m1......../s1. The fourth-order valence-corrected chi connectivity index (χ4v) is 3.46. The van der Waals surface area contributed by atoms with Gasteiger partial charge in [-0.05, 0) is 66.0 Å². The van der Waals surface area contributed by atoms with E-state index in [1.54, 1.807) is 6.92 Å². The Morgan fingerprint density at radius 3 is 1.68 bits per heavy atom. The monoisotopic (exact) mass is 584 g/mol. The van der Waals surface area contributed by atoms with Gasteiger partial charge in [-0.2, -0.15) is 0 Å². The Hall–Kier alpha value is -2.83. The molecule has 0 aliphatic carbocycles. The molecule has 0 saturated heterocycles. The summed E-state index contributed by atoms with van der Waals surface area (Å²) in [7, 11) is 0. The number of aliphatic hydroxyl groups excluding tert-OH is 2. The van der Waals surface area contributed by atoms with Gasteiger partial charge in [0, 0.05) is 35.1 Å². The number of esters is 1. The minimum Gasteiger partial charge on any atom is -0.457 e. The lowest BCUT2D eigenvalue weighted by molar-refractivity contribution is -0.157. The Balaban J connectivity index is -0.0000000830. The summed E-state index contributed by atoms with van der Waals surface area (Å²) in [5.41, 5.74) is 0. The van der Waals surface area contributed by atoms with Crippen molar-refractivity contribution < 1.29 is 39.3 Å². The molecule has 0 aromatic carbocycles. The summed E-state index contributed by atoms with van der Waals surface area (Å²) in [4.78, 5) is 22.1. The first kappa shape index (κ1) is 39.3. The van der Waals surface area contributed by atoms with Crippen LogP contribution in [0.2, 0.25) is 0 Å². The Morgan fingerprint density at radius 2 is 1.23 bits per heavy atom. The quantitative estimate of drug-likeness (QED) is 0.0711. The number of hydrogen-bond donors (Lipinski definition) is 2. The highest BCUT2D eigenvalue weighted by atomic mass is 32.2. The maximum atomic E-state index is 11.6. The van der Waals surface area contributed by atoms with Crippen LogP contribution < -0.4 is 0 Å². The molecule has 2 N–H and O–H groups in total. The smallest absolute Gasteiger partial charge is 0.306 e. The Morgan fingerprint density at radius 1 is 0.750 bits per heavy atom. The van der Waals surface area contributed by atoms with E-state index in [0.29, 0.717) is 6.42 Å². The third-order valence-corrected chi connectivity index (χ3v) is 5.68. The van der Waals surface area contributed by atoms with Crippen LogP contribution in [-0.2, 0) is 19.1 Å². The van der Waals surface area contributed by atoms with E-state index in [9.17, 15) is 9.59 Å². The Labute approximate surface area is 257 Å². The second kappa shape index (κ2) is 34.2. The summed E-state index contributed by atoms with van der Waals surface area (Å²) in [6.45, 7) is 4.69. The normalized spacial score (nSPS) is 9.62. The molecular formula is C33H60O6S. The SMILES string of the molecule is CC#CC#CC#CC#CC#CSC(C)=O.CCCCCCCCCCCCCCCC(=O)O[C@H](CO)COCO.[HH].[HH].[HH].[HH].[HH].[HH].[HH]. The number of unbranched alkanes of at least 4 members (excludes halogenated alkanes) is 12. The molecule has 0 aromatic rings. The first-order valence-electron chi connectivity index (χ1n) is 14.1. The van der Waals surface area contributed by atoms with Gasteiger partial charge in [-0.1, -0.05) is 89.9 Å². The number of carbonyl (C=O) groups is 2. The molecular weight excluding hydrogens is 524 g/mol. The van der Waals surface area contributed by atoms with Crippen LogP contribution >= 0.6 is 11.8 Å². The van der Waals surface area contributed by atoms with Crippen LogP contribution in [0.1, 0.15) is 121 Å². The molecule has 1 atom stereocenters. The number of thioether (sulfide) groups is 1. The molecule has 0 unspecified atom stereocenters. The molecule has 0 spiro atoms. The van der Waals surface area contributed by atoms with Crippen molar-refractivity contribution in [3.63, 3.8) is 0 Å². The highest BCUT2D eigenvalue weighted by Gasteiger charge is 2.13. The minimum atomic E-state index is -0.679. The van der Waals surface area contributed by atoms with Gasteiger partial charge in [-0.3, -0.25) is 9.59 Å². The first-order chi connectivity index (χ1) is 19.5. The van der Waals surface area contributed by atoms with Crippen LogP contribution in [0, 0.1) is 58.5 Å². The van der Waals surface area contributed by atoms with Gasteiger partial charge in [0.25, 0.3) is 0 Å². The molecule has 0 saturated carbocycles. The van der Waals surface area contributed by atoms with Crippen molar-refractivity contribution in [2.45, 2.75) is 117 Å². The lowest BCUT2D eigenvalue weighted by Gasteiger charge is -2.14. The van der Waals surface area contributed by atoms with Crippen LogP contribution in [0.5, 0.6) is 0 Å². The molecule has 0 fully saturated rings. The molecule has 7 heteroatoms. The minimum absolute atomic E-state index is 0. The summed E-state index contributed by atoms with van der Waals surface area (Å²) in [6, 6.07) is 0. The van der Waals surface area contributed by atoms with Crippen molar-refractivity contribution in [3.05, 3.63) is 0 Å². The van der Waals surface area contributed by atoms with E-state index in [0.717, 1.165) is 24.6 Å². The van der Waals surface area contributed by atoms with E-state index in [-0.39, 0.29) is 34.3 Å². The lowest BCUT2D eigenvalue weighted by atomic mass is 10.0. The highest BCUT2D eigenvalue weighted by molar-refractivity contribution is 8.17. The largest absolute Gasteiger partial charge is 0.457 e. The molecule has 0 heterocycles. The van der Waals surface area contributed by atoms with Crippen molar-refractivity contribution in [2.75, 3.05) is 20.0 Å². The summed E-state index contributed by atoms with van der Waals surface area (Å²) < 4.78 is 9.81. The number of carbonyl (C=O) groups excluding carboxylic acids is 2. The zero-order chi connectivity index (χ0) is 29.9. The van der Waals surface area contributed by atoms with Crippen LogP contribution in [-0.4, -0.2) is 47.4 Å². The van der Waals surface area contributed by atoms with E-state index in [2.05, 4.69) is 65.5 Å². The highest BCUT2D eigenvalue weighted by Crippen LogP contribution is 2.13. The van der Waals surface area contributed by atoms with Gasteiger partial charge in [0.05, 0.1) is 13.2 Å². The predicted octanol–water partition coefficient (Wildman–Crippen LogP) is 7.32. The van der Waals surface area contributed by atoms with E-state index in [1.807, 2.05) is 0 Å². The maximum absolute atomic E-state index is 11.6. The van der Waals surface area contributed by atoms with Gasteiger partial charge in [-0.25, -0.2) is 0 Å². The topological polar surface area (TPSA) is 93.1 Å². The Kier molecular flexibility index (Phi) is 33.6. The first-order valence-corrected chi connectivity index (χ1v) is 14.9. The lowest BCUT2D eigenvalue weighted by Crippen LogP contribution is -2.27. The van der Waals surface area contributed by atoms with Crippen LogP contribution in [0.3, 0.4) is 0 Å². The molecule has 0 bridgehead atoms. The van der Waals surface area contributed by atoms with Crippen molar-refractivity contribution in [3.8, 4) is 58.5 Å². The van der Waals surface area contributed by atoms with E-state index in [1.165, 1.54) is 77.6 Å². The van der Waals surface area contributed by atoms with Crippen molar-refractivity contribution in [1.29, 1.82) is 0 Å². The van der Waals surface area contributed by atoms with Gasteiger partial charge in [0.15, 0.2) is 5.12 Å². The van der Waals surface area contributed by atoms with Crippen LogP contribution in [0.25, 0.3) is 0 Å². The van der Waals surface area contributed by atoms with E-state index in [4.69, 9.17) is 19.7 Å². The zero-order valence-corrected chi connectivity index (χ0v) is 25.4. The van der Waals surface area contributed by atoms with Gasteiger partial charge < -0.3 is 19.7 Å². The Bertz CT molecular complexity index is 992. The number of hydrogen-bond acceptors (Lipinski definition) is 7. The van der Waals surface area contributed by atoms with Gasteiger partial charge in [-0.15, -0.1) is 0 Å². The fourth-order valence-electron chi connectivity index (χ4n) is 3.21. The molecule has 0 rings (SSSR count). The average Bonchev–Trinajstić information content (AvgIpc) is 2.94. The molecule has 0 aliphatic heterocycles. The third kappa shape index (κ3) is 35.2. The van der Waals surface area contributed by atoms with Gasteiger partial charge in [0.2, 0.25) is 0 Å². The third-order valence-electron chi connectivity index (χ3n) is 5.19. The number of aliphatic hydroxyl groups is 2. The summed E-state index contributed by atoms with van der Waals surface area (Å²) in [5, 5.41) is 20.0. The summed E-state index contributed by atoms with van der Waals surface area (Å²) in [5.74, 6) is 22.3. The van der Waals surface area contributed by atoms with Crippen LogP contribution in [0.15, 0.2) is 0 Å². The number of rotatable bonds is 19. The molecule has 0 aromatic heterocycles. The predicted molar refractivity (Wildman–Crippen MR) is 178 cm³/mol. The molecule has 0 amide bonds. The fraction of sp³-hybridized carbons (Fsp3) is 0.636. The summed E-state index contributed by atoms with van der Waals surface area (Å²) in [6.07, 6.45) is 16.2. The van der Waals surface area contributed by atoms with E-state index >= 15 is 0 Å². The zero-order valence-electron chi connectivity index (χ0n) is 24.5. The van der Waals surface area contributed by atoms with Gasteiger partial charge >= 0.3 is 5.97 Å². The summed E-state index contributed by atoms with van der Waals surface area (Å²) >= 11 is 0.909. The molecule has 0 aliphatic rings. The maximum Gasteiger partial charge on any atom is 0.306 e. The number of ether oxygens (including phenoxy) is 2. The van der Waals surface area contributed by atoms with E-state index < -0.39 is 12.9 Å².